The van der Waals surface area contributed by atoms with Crippen molar-refractivity contribution < 1.29 is 22.7 Å². The molecular formula is C24H26N4O6S. The molecule has 0 aliphatic carbocycles. The van der Waals surface area contributed by atoms with Crippen LogP contribution in [0.5, 0.6) is 17.2 Å². The Hall–Kier alpha value is -3.70. The van der Waals surface area contributed by atoms with E-state index in [1.54, 1.807) is 24.3 Å². The first kappa shape index (κ1) is 24.4. The van der Waals surface area contributed by atoms with Crippen LogP contribution < -0.4 is 20.3 Å². The normalized spacial score (nSPS) is 14.3. The molecule has 0 unspecified atom stereocenters. The van der Waals surface area contributed by atoms with Crippen molar-refractivity contribution in [3.63, 3.8) is 0 Å². The lowest BCUT2D eigenvalue weighted by Gasteiger charge is -2.26. The van der Waals surface area contributed by atoms with E-state index < -0.39 is 15.9 Å². The van der Waals surface area contributed by atoms with Gasteiger partial charge in [-0.15, -0.1) is 0 Å². The zero-order valence-corrected chi connectivity index (χ0v) is 20.2. The van der Waals surface area contributed by atoms with Crippen molar-refractivity contribution in [2.45, 2.75) is 24.2 Å². The van der Waals surface area contributed by atoms with Gasteiger partial charge in [0.05, 0.1) is 17.7 Å². The zero-order valence-electron chi connectivity index (χ0n) is 19.4. The van der Waals surface area contributed by atoms with Gasteiger partial charge < -0.3 is 14.8 Å². The van der Waals surface area contributed by atoms with Crippen LogP contribution in [0.4, 0.5) is 5.69 Å². The molecule has 1 saturated heterocycles. The predicted molar refractivity (Wildman–Crippen MR) is 130 cm³/mol. The van der Waals surface area contributed by atoms with Gasteiger partial charge in [0, 0.05) is 26.2 Å². The molecule has 0 spiro atoms. The highest BCUT2D eigenvalue weighted by Crippen LogP contribution is 2.37. The number of hydrogen-bond acceptors (Lipinski definition) is 7. The number of carbonyl (C=O) groups excluding carboxylic acids is 1. The van der Waals surface area contributed by atoms with Crippen LogP contribution in [0.2, 0.25) is 0 Å². The zero-order chi connectivity index (χ0) is 25.0. The molecule has 184 valence electrons. The van der Waals surface area contributed by atoms with Crippen molar-refractivity contribution in [1.29, 1.82) is 0 Å². The number of methoxy groups -OCH3 is 1. The van der Waals surface area contributed by atoms with Crippen LogP contribution in [0, 0.1) is 0 Å². The summed E-state index contributed by atoms with van der Waals surface area (Å²) in [5.74, 6) is 0.440. The van der Waals surface area contributed by atoms with Crippen LogP contribution in [0.25, 0.3) is 0 Å². The molecule has 3 aromatic rings. The smallest absolute Gasteiger partial charge is 0.276 e. The molecule has 10 nitrogen and oxygen atoms in total. The minimum absolute atomic E-state index is 0.0142. The SMILES string of the molecule is COc1ccccc1Oc1ccc(S(=O)(=O)N2CCCCC2)cc1NC(=O)c1ccc(=O)n(C)n1. The molecular weight excluding hydrogens is 472 g/mol. The molecule has 0 saturated carbocycles. The molecule has 2 heterocycles. The predicted octanol–water partition coefficient (Wildman–Crippen LogP) is 3.01. The Kier molecular flexibility index (Phi) is 7.17. The molecule has 2 aromatic carbocycles. The van der Waals surface area contributed by atoms with Crippen molar-refractivity contribution in [3.05, 3.63) is 70.6 Å². The Bertz CT molecular complexity index is 1400. The fraction of sp³-hybridized carbons (Fsp3) is 0.292. The summed E-state index contributed by atoms with van der Waals surface area (Å²) in [4.78, 5) is 24.6. The van der Waals surface area contributed by atoms with Gasteiger partial charge in [-0.1, -0.05) is 18.6 Å². The Morgan fingerprint density at radius 3 is 2.37 bits per heavy atom. The van der Waals surface area contributed by atoms with Gasteiger partial charge in [-0.25, -0.2) is 13.1 Å². The largest absolute Gasteiger partial charge is 0.493 e. The Morgan fingerprint density at radius 1 is 0.971 bits per heavy atom. The molecule has 0 bridgehead atoms. The lowest BCUT2D eigenvalue weighted by molar-refractivity contribution is 0.101. The summed E-state index contributed by atoms with van der Waals surface area (Å²) in [7, 11) is -0.823. The fourth-order valence-electron chi connectivity index (χ4n) is 3.74. The number of ether oxygens (including phenoxy) is 2. The minimum Gasteiger partial charge on any atom is -0.493 e. The Morgan fingerprint density at radius 2 is 1.69 bits per heavy atom. The number of piperidine rings is 1. The van der Waals surface area contributed by atoms with Crippen molar-refractivity contribution in [2.75, 3.05) is 25.5 Å². The number of sulfonamides is 1. The van der Waals surface area contributed by atoms with Gasteiger partial charge in [-0.05, 0) is 49.2 Å². The molecule has 1 N–H and O–H groups in total. The third kappa shape index (κ3) is 5.36. The molecule has 11 heteroatoms. The number of nitrogens with zero attached hydrogens (tertiary/aromatic N) is 3. The van der Waals surface area contributed by atoms with E-state index in [0.29, 0.717) is 24.6 Å². The number of rotatable bonds is 7. The van der Waals surface area contributed by atoms with Crippen molar-refractivity contribution in [2.24, 2.45) is 7.05 Å². The van der Waals surface area contributed by atoms with Crippen LogP contribution in [0.1, 0.15) is 29.8 Å². The number of para-hydroxylation sites is 2. The molecule has 1 aliphatic rings. The van der Waals surface area contributed by atoms with E-state index in [9.17, 15) is 18.0 Å². The number of anilines is 1. The first-order valence-electron chi connectivity index (χ1n) is 11.1. The van der Waals surface area contributed by atoms with Gasteiger partial charge in [0.2, 0.25) is 10.0 Å². The molecule has 0 atom stereocenters. The summed E-state index contributed by atoms with van der Waals surface area (Å²) in [5, 5.41) is 6.64. The highest BCUT2D eigenvalue weighted by atomic mass is 32.2. The van der Waals surface area contributed by atoms with E-state index in [1.807, 2.05) is 0 Å². The molecule has 4 rings (SSSR count). The number of nitrogens with one attached hydrogen (secondary N) is 1. The third-order valence-corrected chi connectivity index (χ3v) is 7.53. The number of aryl methyl sites for hydroxylation is 1. The van der Waals surface area contributed by atoms with E-state index in [-0.39, 0.29) is 27.6 Å². The standard InChI is InChI=1S/C24H26N4O6S/c1-27-23(29)13-11-18(26-27)24(30)25-19-16-17(35(31,32)28-14-6-3-7-15-28)10-12-20(19)34-22-9-5-4-8-21(22)33-2/h4-5,8-13,16H,3,6-7,14-15H2,1-2H3,(H,25,30). The molecule has 1 fully saturated rings. The van der Waals surface area contributed by atoms with E-state index in [4.69, 9.17) is 9.47 Å². The number of benzene rings is 2. The highest BCUT2D eigenvalue weighted by Gasteiger charge is 2.27. The molecule has 0 radical (unpaired) electrons. The van der Waals surface area contributed by atoms with Crippen LogP contribution in [0.3, 0.4) is 0 Å². The minimum atomic E-state index is -3.76. The van der Waals surface area contributed by atoms with Crippen LogP contribution in [0.15, 0.2) is 64.3 Å². The van der Waals surface area contributed by atoms with E-state index >= 15 is 0 Å². The van der Waals surface area contributed by atoms with E-state index in [1.165, 1.54) is 48.8 Å². The molecule has 1 aromatic heterocycles. The summed E-state index contributed by atoms with van der Waals surface area (Å²) in [6.07, 6.45) is 2.60. The fourth-order valence-corrected chi connectivity index (χ4v) is 5.29. The van der Waals surface area contributed by atoms with Crippen molar-refractivity contribution in [1.82, 2.24) is 14.1 Å². The maximum absolute atomic E-state index is 13.2. The van der Waals surface area contributed by atoms with Gasteiger partial charge in [0.25, 0.3) is 11.5 Å². The third-order valence-electron chi connectivity index (χ3n) is 5.63. The van der Waals surface area contributed by atoms with Crippen LogP contribution >= 0.6 is 0 Å². The Labute approximate surface area is 203 Å². The van der Waals surface area contributed by atoms with Crippen molar-refractivity contribution in [3.8, 4) is 17.2 Å². The lowest BCUT2D eigenvalue weighted by atomic mass is 10.2. The van der Waals surface area contributed by atoms with Gasteiger partial charge in [0.1, 0.15) is 5.69 Å². The van der Waals surface area contributed by atoms with E-state index in [0.717, 1.165) is 23.9 Å². The summed E-state index contributed by atoms with van der Waals surface area (Å²) in [5.41, 5.74) is -0.245. The second-order valence-corrected chi connectivity index (χ2v) is 9.95. The topological polar surface area (TPSA) is 120 Å². The van der Waals surface area contributed by atoms with Gasteiger partial charge >= 0.3 is 0 Å². The molecule has 1 aliphatic heterocycles. The van der Waals surface area contributed by atoms with Crippen LogP contribution in [-0.2, 0) is 17.1 Å². The number of aromatic nitrogens is 2. The second kappa shape index (κ2) is 10.3. The first-order chi connectivity index (χ1) is 16.8. The second-order valence-electron chi connectivity index (χ2n) is 8.01. The average Bonchev–Trinajstić information content (AvgIpc) is 2.87. The van der Waals surface area contributed by atoms with Gasteiger partial charge in [-0.2, -0.15) is 9.40 Å². The molecule has 35 heavy (non-hydrogen) atoms. The van der Waals surface area contributed by atoms with Crippen molar-refractivity contribution >= 4 is 21.6 Å². The molecule has 1 amide bonds. The number of amides is 1. The van der Waals surface area contributed by atoms with Gasteiger partial charge in [0.15, 0.2) is 17.2 Å². The monoisotopic (exact) mass is 498 g/mol. The quantitative estimate of drug-likeness (QED) is 0.532. The summed E-state index contributed by atoms with van der Waals surface area (Å²) >= 11 is 0. The summed E-state index contributed by atoms with van der Waals surface area (Å²) in [6, 6.07) is 13.8. The Balaban J connectivity index is 1.73. The van der Waals surface area contributed by atoms with Crippen LogP contribution in [-0.4, -0.2) is 48.6 Å². The number of carbonyl (C=O) groups is 1. The first-order valence-corrected chi connectivity index (χ1v) is 12.5. The number of hydrogen-bond donors (Lipinski definition) is 1. The summed E-state index contributed by atoms with van der Waals surface area (Å²) in [6.45, 7) is 0.900. The van der Waals surface area contributed by atoms with Gasteiger partial charge in [-0.3, -0.25) is 9.59 Å². The lowest BCUT2D eigenvalue weighted by Crippen LogP contribution is -2.35. The summed E-state index contributed by atoms with van der Waals surface area (Å²) < 4.78 is 40.3. The van der Waals surface area contributed by atoms with E-state index in [2.05, 4.69) is 10.4 Å². The average molecular weight is 499 g/mol. The maximum Gasteiger partial charge on any atom is 0.276 e. The highest BCUT2D eigenvalue weighted by molar-refractivity contribution is 7.89. The maximum atomic E-state index is 13.2.